The monoisotopic (exact) mass is 1310 g/mol. The Morgan fingerprint density at radius 3 is 1.28 bits per heavy atom. The second-order valence-electron chi connectivity index (χ2n) is 21.9. The number of rotatable bonds is 5. The molecule has 3 aliphatic heterocycles. The van der Waals surface area contributed by atoms with E-state index in [1.165, 1.54) is 18.2 Å². The summed E-state index contributed by atoms with van der Waals surface area (Å²) in [5.74, 6) is 3.52. The van der Waals surface area contributed by atoms with Crippen molar-refractivity contribution < 1.29 is 59.6 Å². The molecule has 3 aliphatic rings. The van der Waals surface area contributed by atoms with Crippen molar-refractivity contribution >= 4 is 63.2 Å². The maximum Gasteiger partial charge on any atom is 0.370 e. The van der Waals surface area contributed by atoms with Crippen LogP contribution in [-0.4, -0.2) is 29.9 Å². The van der Waals surface area contributed by atoms with E-state index in [0.717, 1.165) is 64.8 Å². The fourth-order valence-corrected chi connectivity index (χ4v) is 8.13. The van der Waals surface area contributed by atoms with Crippen molar-refractivity contribution in [3.05, 3.63) is 206 Å². The number of aromatic nitrogens is 6. The molecule has 0 saturated carbocycles. The molecule has 12 nitrogen and oxygen atoms in total. The molecule has 0 bridgehead atoms. The Balaban J connectivity index is 0.000000161. The SMILES string of the molecule is CC(C)(C)c1cnc2c(n1)N(c1[c-]cc(C(F)(F)F)cc1)[CH-]N2.CC(C)(C)c1cnc2c(n1)N(c1[c-]cc(C(F)(F)F)cc1)[CH-]N2c1ccccc1.CC(C)(C)c1ncc2c(n1)N(c1[c-]cc(C(F)(F)F)cc1)[CH-]N2c1ccccc1.[Ir]. The summed E-state index contributed by atoms with van der Waals surface area (Å²) in [4.78, 5) is 36.4. The van der Waals surface area contributed by atoms with Gasteiger partial charge in [-0.05, 0) is 24.3 Å². The fourth-order valence-electron chi connectivity index (χ4n) is 8.13. The second kappa shape index (κ2) is 22.8. The van der Waals surface area contributed by atoms with E-state index < -0.39 is 35.2 Å². The summed E-state index contributed by atoms with van der Waals surface area (Å²) >= 11 is 0. The Morgan fingerprint density at radius 1 is 0.415 bits per heavy atom. The molecule has 22 heteroatoms. The third-order valence-electron chi connectivity index (χ3n) is 12.6. The minimum absolute atomic E-state index is 0. The van der Waals surface area contributed by atoms with E-state index in [2.05, 4.69) is 43.5 Å². The first kappa shape index (κ1) is 60.3. The summed E-state index contributed by atoms with van der Waals surface area (Å²) in [6.07, 6.45) is -8.01. The summed E-state index contributed by atoms with van der Waals surface area (Å²) in [6.45, 7) is 23.4. The zero-order valence-corrected chi connectivity index (χ0v) is 48.0. The van der Waals surface area contributed by atoms with Crippen molar-refractivity contribution in [1.82, 2.24) is 29.9 Å². The number of nitrogens with one attached hydrogen (secondary N) is 1. The van der Waals surface area contributed by atoms with Gasteiger partial charge in [0.05, 0.1) is 35.7 Å². The van der Waals surface area contributed by atoms with Crippen molar-refractivity contribution in [1.29, 1.82) is 0 Å². The Labute approximate surface area is 483 Å². The first-order valence-corrected chi connectivity index (χ1v) is 25.2. The normalized spacial score (nSPS) is 14.2. The molecule has 11 rings (SSSR count). The van der Waals surface area contributed by atoms with Crippen LogP contribution in [0.3, 0.4) is 0 Å². The van der Waals surface area contributed by atoms with Crippen molar-refractivity contribution in [3.8, 4) is 0 Å². The quantitative estimate of drug-likeness (QED) is 0.131. The molecular weight excluding hydrogens is 1250 g/mol. The fraction of sp³-hybridized carbons (Fsp3) is 0.250. The predicted octanol–water partition coefficient (Wildman–Crippen LogP) is 16.3. The van der Waals surface area contributed by atoms with E-state index in [0.29, 0.717) is 52.0 Å². The third-order valence-corrected chi connectivity index (χ3v) is 12.6. The number of hydrogen-bond acceptors (Lipinski definition) is 12. The molecular formula is C60H53F9IrN12-6. The Morgan fingerprint density at radius 2 is 0.841 bits per heavy atom. The van der Waals surface area contributed by atoms with Crippen LogP contribution >= 0.6 is 0 Å². The largest absolute Gasteiger partial charge is 0.497 e. The number of para-hydroxylation sites is 2. The van der Waals surface area contributed by atoms with Crippen LogP contribution in [0.2, 0.25) is 0 Å². The van der Waals surface area contributed by atoms with Crippen molar-refractivity contribution in [2.45, 2.75) is 97.1 Å². The van der Waals surface area contributed by atoms with Gasteiger partial charge in [-0.3, -0.25) is 0 Å². The Bertz CT molecular complexity index is 3300. The van der Waals surface area contributed by atoms with E-state index in [1.54, 1.807) is 53.3 Å². The van der Waals surface area contributed by atoms with Gasteiger partial charge in [-0.15, -0.1) is 48.6 Å². The van der Waals surface area contributed by atoms with E-state index in [-0.39, 0.29) is 36.4 Å². The number of benzene rings is 5. The molecule has 6 heterocycles. The van der Waals surface area contributed by atoms with Gasteiger partial charge in [-0.1, -0.05) is 115 Å². The molecule has 0 fully saturated rings. The van der Waals surface area contributed by atoms with Crippen LogP contribution in [0.4, 0.5) is 103 Å². The van der Waals surface area contributed by atoms with Gasteiger partial charge in [0.25, 0.3) is 0 Å². The Kier molecular flexibility index (Phi) is 16.8. The molecule has 8 aromatic rings. The van der Waals surface area contributed by atoms with Gasteiger partial charge in [-0.2, -0.15) is 101 Å². The number of fused-ring (bicyclic) bond motifs is 3. The second-order valence-corrected chi connectivity index (χ2v) is 21.9. The van der Waals surface area contributed by atoms with Crippen molar-refractivity contribution in [3.63, 3.8) is 0 Å². The van der Waals surface area contributed by atoms with Gasteiger partial charge >= 0.3 is 18.5 Å². The van der Waals surface area contributed by atoms with Crippen LogP contribution in [0, 0.1) is 38.2 Å². The average Bonchev–Trinajstić information content (AvgIpc) is 4.33. The topological polar surface area (TPSA) is 106 Å². The molecule has 3 aromatic heterocycles. The molecule has 1 N–H and O–H groups in total. The van der Waals surface area contributed by atoms with Crippen LogP contribution in [0.15, 0.2) is 134 Å². The molecule has 1 radical (unpaired) electrons. The van der Waals surface area contributed by atoms with E-state index >= 15 is 0 Å². The molecule has 0 unspecified atom stereocenters. The van der Waals surface area contributed by atoms with Crippen molar-refractivity contribution in [2.75, 3.05) is 29.8 Å². The molecule has 0 amide bonds. The standard InChI is InChI=1S/2C22H19F3N4.C16H15F3N4.Ir/c1-21(2,3)18-13-26-19-20(27-18)29(14-28(19)16-7-5-4-6-8-16)17-11-9-15(10-12-17)22(23,24)25;1-21(2,3)20-26-13-18-19(27-20)29(14-28(18)16-7-5-4-6-8-16)17-11-9-15(10-12-17)22(23,24)25;1-15(2,3)12-8-20-13-14(22-12)23(9-21-13)11-6-4-10(5-7-11)16(17,18)19;/h2*4-11,13-14H,1-3H3;4-6,8-9H,1-3H3,(H,20,21);/q3*-2;. The average molecular weight is 1310 g/mol. The third kappa shape index (κ3) is 13.2. The number of halogens is 9. The van der Waals surface area contributed by atoms with Gasteiger partial charge < -0.3 is 29.8 Å². The summed E-state index contributed by atoms with van der Waals surface area (Å²) in [5, 5.41) is 2.96. The number of nitrogens with zero attached hydrogens (tertiary/aromatic N) is 11. The number of alkyl halides is 9. The molecule has 5 aromatic carbocycles. The van der Waals surface area contributed by atoms with Crippen LogP contribution in [0.1, 0.15) is 96.2 Å². The number of anilines is 11. The first-order chi connectivity index (χ1) is 37.9. The van der Waals surface area contributed by atoms with Crippen LogP contribution < -0.4 is 29.8 Å². The maximum atomic E-state index is 12.9. The van der Waals surface area contributed by atoms with E-state index in [1.807, 2.05) is 133 Å². The molecule has 431 valence electrons. The predicted molar refractivity (Wildman–Crippen MR) is 293 cm³/mol. The Hall–Kier alpha value is -7.84. The summed E-state index contributed by atoms with van der Waals surface area (Å²) in [6, 6.07) is 37.5. The van der Waals surface area contributed by atoms with Crippen LogP contribution in [0.25, 0.3) is 0 Å². The van der Waals surface area contributed by atoms with Gasteiger partial charge in [0.1, 0.15) is 34.9 Å². The van der Waals surface area contributed by atoms with Gasteiger partial charge in [0.15, 0.2) is 0 Å². The minimum Gasteiger partial charge on any atom is -0.497 e. The minimum atomic E-state index is -4.41. The maximum absolute atomic E-state index is 12.9. The summed E-state index contributed by atoms with van der Waals surface area (Å²) in [7, 11) is 0. The zero-order chi connectivity index (χ0) is 58.5. The molecule has 0 spiro atoms. The first-order valence-electron chi connectivity index (χ1n) is 25.2. The molecule has 82 heavy (non-hydrogen) atoms. The van der Waals surface area contributed by atoms with Crippen LogP contribution in [0.5, 0.6) is 0 Å². The number of hydrogen-bond donors (Lipinski definition) is 1. The van der Waals surface area contributed by atoms with Gasteiger partial charge in [-0.25, -0.2) is 29.9 Å². The molecule has 0 aliphatic carbocycles. The van der Waals surface area contributed by atoms with E-state index in [4.69, 9.17) is 9.97 Å². The van der Waals surface area contributed by atoms with Gasteiger partial charge in [0, 0.05) is 47.7 Å². The summed E-state index contributed by atoms with van der Waals surface area (Å²) < 4.78 is 116. The summed E-state index contributed by atoms with van der Waals surface area (Å²) in [5.41, 5.74) is 2.61. The smallest absolute Gasteiger partial charge is 0.370 e. The van der Waals surface area contributed by atoms with Crippen LogP contribution in [-0.2, 0) is 54.9 Å². The van der Waals surface area contributed by atoms with Gasteiger partial charge in [0.2, 0.25) is 0 Å². The van der Waals surface area contributed by atoms with Crippen molar-refractivity contribution in [2.24, 2.45) is 0 Å². The zero-order valence-electron chi connectivity index (χ0n) is 45.6. The van der Waals surface area contributed by atoms with E-state index in [9.17, 15) is 39.5 Å². The molecule has 0 atom stereocenters. The molecule has 0 saturated heterocycles.